The highest BCUT2D eigenvalue weighted by Gasteiger charge is 2.14. The number of carbonyl (C=O) groups is 1. The van der Waals surface area contributed by atoms with E-state index in [0.717, 1.165) is 4.90 Å². The Balaban J connectivity index is 1.95. The van der Waals surface area contributed by atoms with Gasteiger partial charge in [0.15, 0.2) is 6.10 Å². The van der Waals surface area contributed by atoms with Gasteiger partial charge in [-0.2, -0.15) is 0 Å². The van der Waals surface area contributed by atoms with E-state index in [4.69, 9.17) is 10.5 Å². The average Bonchev–Trinajstić information content (AvgIpc) is 2.48. The Morgan fingerprint density at radius 3 is 2.57 bits per heavy atom. The third-order valence-corrected chi connectivity index (χ3v) is 3.64. The molecule has 0 heterocycles. The van der Waals surface area contributed by atoms with Gasteiger partial charge in [0.05, 0.1) is 0 Å². The van der Waals surface area contributed by atoms with Crippen LogP contribution in [0.15, 0.2) is 53.4 Å². The van der Waals surface area contributed by atoms with E-state index in [0.29, 0.717) is 17.1 Å². The summed E-state index contributed by atoms with van der Waals surface area (Å²) in [6.45, 7) is 1.71. The summed E-state index contributed by atoms with van der Waals surface area (Å²) in [7, 11) is 0. The summed E-state index contributed by atoms with van der Waals surface area (Å²) in [5.41, 5.74) is 6.94. The molecule has 0 saturated heterocycles. The Bertz CT molecular complexity index is 614. The molecule has 0 aliphatic heterocycles. The van der Waals surface area contributed by atoms with Gasteiger partial charge in [0, 0.05) is 16.3 Å². The lowest BCUT2D eigenvalue weighted by atomic mass is 10.2. The Kier molecular flexibility index (Phi) is 5.11. The van der Waals surface area contributed by atoms with Crippen molar-refractivity contribution in [3.05, 3.63) is 48.5 Å². The van der Waals surface area contributed by atoms with Crippen molar-refractivity contribution in [2.45, 2.75) is 17.9 Å². The summed E-state index contributed by atoms with van der Waals surface area (Å²) >= 11 is 1.66. The molecule has 110 valence electrons. The van der Waals surface area contributed by atoms with Gasteiger partial charge in [0.25, 0.3) is 5.91 Å². The second-order valence-corrected chi connectivity index (χ2v) is 5.43. The van der Waals surface area contributed by atoms with Crippen LogP contribution in [-0.4, -0.2) is 18.3 Å². The molecule has 1 atom stereocenters. The van der Waals surface area contributed by atoms with Crippen LogP contribution in [0.4, 0.5) is 11.4 Å². The molecule has 0 aliphatic rings. The summed E-state index contributed by atoms with van der Waals surface area (Å²) in [4.78, 5) is 13.2. The largest absolute Gasteiger partial charge is 0.481 e. The molecule has 4 nitrogen and oxygen atoms in total. The Morgan fingerprint density at radius 1 is 1.24 bits per heavy atom. The van der Waals surface area contributed by atoms with Gasteiger partial charge in [0.2, 0.25) is 0 Å². The summed E-state index contributed by atoms with van der Waals surface area (Å²) in [6.07, 6.45) is 1.42. The smallest absolute Gasteiger partial charge is 0.265 e. The number of nitrogen functional groups attached to an aromatic ring is 1. The third-order valence-electron chi connectivity index (χ3n) is 2.90. The van der Waals surface area contributed by atoms with E-state index in [9.17, 15) is 4.79 Å². The molecule has 2 rings (SSSR count). The Hall–Kier alpha value is -2.14. The van der Waals surface area contributed by atoms with Gasteiger partial charge in [-0.15, -0.1) is 11.8 Å². The number of carbonyl (C=O) groups excluding carboxylic acids is 1. The van der Waals surface area contributed by atoms with Crippen LogP contribution >= 0.6 is 11.8 Å². The number of ether oxygens (including phenoxy) is 1. The number of hydrogen-bond donors (Lipinski definition) is 2. The summed E-state index contributed by atoms with van der Waals surface area (Å²) in [6, 6.07) is 14.7. The molecule has 0 saturated carbocycles. The standard InChI is InChI=1S/C16H18N2O2S/c1-11(20-14-6-8-15(21-2)9-7-14)16(19)18-13-5-3-4-12(17)10-13/h3-11H,17H2,1-2H3,(H,18,19). The van der Waals surface area contributed by atoms with E-state index in [1.54, 1.807) is 43.0 Å². The van der Waals surface area contributed by atoms with Crippen LogP contribution in [0.25, 0.3) is 0 Å². The van der Waals surface area contributed by atoms with E-state index >= 15 is 0 Å². The zero-order valence-corrected chi connectivity index (χ0v) is 12.8. The van der Waals surface area contributed by atoms with Crippen LogP contribution < -0.4 is 15.8 Å². The molecule has 2 aromatic carbocycles. The average molecular weight is 302 g/mol. The van der Waals surface area contributed by atoms with Gasteiger partial charge in [-0.3, -0.25) is 4.79 Å². The predicted molar refractivity (Wildman–Crippen MR) is 87.8 cm³/mol. The molecule has 0 spiro atoms. The number of anilines is 2. The van der Waals surface area contributed by atoms with Gasteiger partial charge >= 0.3 is 0 Å². The first-order valence-electron chi connectivity index (χ1n) is 6.55. The van der Waals surface area contributed by atoms with Gasteiger partial charge in [-0.05, 0) is 55.6 Å². The van der Waals surface area contributed by atoms with Crippen LogP contribution in [0.2, 0.25) is 0 Å². The number of amides is 1. The summed E-state index contributed by atoms with van der Waals surface area (Å²) in [5.74, 6) is 0.456. The van der Waals surface area contributed by atoms with Crippen LogP contribution in [0.3, 0.4) is 0 Å². The molecule has 1 unspecified atom stereocenters. The number of rotatable bonds is 5. The van der Waals surface area contributed by atoms with Crippen LogP contribution in [0.5, 0.6) is 5.75 Å². The van der Waals surface area contributed by atoms with Crippen molar-refractivity contribution in [2.24, 2.45) is 0 Å². The molecule has 0 aliphatic carbocycles. The highest BCUT2D eigenvalue weighted by Crippen LogP contribution is 2.20. The first-order chi connectivity index (χ1) is 10.1. The maximum absolute atomic E-state index is 12.1. The molecule has 5 heteroatoms. The number of nitrogens with two attached hydrogens (primary N) is 1. The van der Waals surface area contributed by atoms with Gasteiger partial charge in [-0.25, -0.2) is 0 Å². The minimum Gasteiger partial charge on any atom is -0.481 e. The van der Waals surface area contributed by atoms with Crippen molar-refractivity contribution >= 4 is 29.0 Å². The van der Waals surface area contributed by atoms with Crippen LogP contribution in [0.1, 0.15) is 6.92 Å². The number of hydrogen-bond acceptors (Lipinski definition) is 4. The topological polar surface area (TPSA) is 64.3 Å². The zero-order chi connectivity index (χ0) is 15.2. The SMILES string of the molecule is CSc1ccc(OC(C)C(=O)Nc2cccc(N)c2)cc1. The molecular weight excluding hydrogens is 284 g/mol. The molecule has 3 N–H and O–H groups in total. The number of benzene rings is 2. The van der Waals surface area contributed by atoms with Crippen molar-refractivity contribution in [1.82, 2.24) is 0 Å². The summed E-state index contributed by atoms with van der Waals surface area (Å²) in [5, 5.41) is 2.78. The fourth-order valence-electron chi connectivity index (χ4n) is 1.77. The van der Waals surface area contributed by atoms with Crippen LogP contribution in [-0.2, 0) is 4.79 Å². The molecule has 2 aromatic rings. The quantitative estimate of drug-likeness (QED) is 0.656. The maximum atomic E-state index is 12.1. The van der Waals surface area contributed by atoms with Gasteiger partial charge in [-0.1, -0.05) is 6.07 Å². The minimum absolute atomic E-state index is 0.213. The van der Waals surface area contributed by atoms with Crippen molar-refractivity contribution in [1.29, 1.82) is 0 Å². The normalized spacial score (nSPS) is 11.7. The molecule has 0 aromatic heterocycles. The molecule has 0 fully saturated rings. The number of thioether (sulfide) groups is 1. The molecule has 21 heavy (non-hydrogen) atoms. The number of nitrogens with one attached hydrogen (secondary N) is 1. The monoisotopic (exact) mass is 302 g/mol. The van der Waals surface area contributed by atoms with Crippen LogP contribution in [0, 0.1) is 0 Å². The Labute approximate surface area is 128 Å². The third kappa shape index (κ3) is 4.43. The van der Waals surface area contributed by atoms with Crippen molar-refractivity contribution in [2.75, 3.05) is 17.3 Å². The maximum Gasteiger partial charge on any atom is 0.265 e. The highest BCUT2D eigenvalue weighted by atomic mass is 32.2. The zero-order valence-electron chi connectivity index (χ0n) is 12.0. The highest BCUT2D eigenvalue weighted by molar-refractivity contribution is 7.98. The lowest BCUT2D eigenvalue weighted by Crippen LogP contribution is -2.30. The molecule has 0 bridgehead atoms. The van der Waals surface area contributed by atoms with Gasteiger partial charge in [0.1, 0.15) is 5.75 Å². The molecule has 1 amide bonds. The van der Waals surface area contributed by atoms with Crippen molar-refractivity contribution in [3.8, 4) is 5.75 Å². The predicted octanol–water partition coefficient (Wildman–Crippen LogP) is 3.40. The van der Waals surface area contributed by atoms with Crippen molar-refractivity contribution in [3.63, 3.8) is 0 Å². The lowest BCUT2D eigenvalue weighted by molar-refractivity contribution is -0.122. The first-order valence-corrected chi connectivity index (χ1v) is 7.78. The second-order valence-electron chi connectivity index (χ2n) is 4.55. The lowest BCUT2D eigenvalue weighted by Gasteiger charge is -2.15. The fourth-order valence-corrected chi connectivity index (χ4v) is 2.18. The summed E-state index contributed by atoms with van der Waals surface area (Å²) < 4.78 is 5.63. The van der Waals surface area contributed by atoms with Crippen molar-refractivity contribution < 1.29 is 9.53 Å². The van der Waals surface area contributed by atoms with Gasteiger partial charge < -0.3 is 15.8 Å². The molecular formula is C16H18N2O2S. The minimum atomic E-state index is -0.591. The van der Waals surface area contributed by atoms with E-state index < -0.39 is 6.10 Å². The Morgan fingerprint density at radius 2 is 1.95 bits per heavy atom. The molecule has 0 radical (unpaired) electrons. The van der Waals surface area contributed by atoms with E-state index in [2.05, 4.69) is 5.32 Å². The van der Waals surface area contributed by atoms with E-state index in [-0.39, 0.29) is 5.91 Å². The van der Waals surface area contributed by atoms with E-state index in [1.165, 1.54) is 0 Å². The first kappa shape index (κ1) is 15.3. The van der Waals surface area contributed by atoms with E-state index in [1.807, 2.05) is 30.5 Å². The second kappa shape index (κ2) is 7.04. The fraction of sp³-hybridized carbons (Fsp3) is 0.188.